The number of aromatic nitrogens is 2. The molecule has 2 aromatic rings. The van der Waals surface area contributed by atoms with Gasteiger partial charge < -0.3 is 4.57 Å². The van der Waals surface area contributed by atoms with E-state index in [9.17, 15) is 4.79 Å². The van der Waals surface area contributed by atoms with Crippen molar-refractivity contribution in [3.63, 3.8) is 0 Å². The lowest BCUT2D eigenvalue weighted by molar-refractivity contribution is -0.112. The Kier molecular flexibility index (Phi) is 4.16. The maximum atomic E-state index is 12.5. The second-order valence-electron chi connectivity index (χ2n) is 4.94. The Bertz CT molecular complexity index is 862. The van der Waals surface area contributed by atoms with Crippen molar-refractivity contribution >= 4 is 34.5 Å². The van der Waals surface area contributed by atoms with Crippen LogP contribution >= 0.6 is 11.3 Å². The first-order valence-electron chi connectivity index (χ1n) is 7.19. The van der Waals surface area contributed by atoms with Crippen molar-refractivity contribution in [1.29, 1.82) is 0 Å². The normalized spacial score (nSPS) is 17.3. The highest BCUT2D eigenvalue weighted by molar-refractivity contribution is 7.07. The van der Waals surface area contributed by atoms with E-state index in [-0.39, 0.29) is 11.6 Å². The number of hydrogen-bond donors (Lipinski definition) is 0. The van der Waals surface area contributed by atoms with E-state index >= 15 is 0 Å². The number of anilines is 1. The zero-order valence-electron chi connectivity index (χ0n) is 13.1. The third-order valence-electron chi connectivity index (χ3n) is 3.40. The first kappa shape index (κ1) is 15.3. The summed E-state index contributed by atoms with van der Waals surface area (Å²) in [6.45, 7) is 6.60. The van der Waals surface area contributed by atoms with Crippen molar-refractivity contribution in [2.24, 2.45) is 15.3 Å². The highest BCUT2D eigenvalue weighted by Crippen LogP contribution is 2.16. The van der Waals surface area contributed by atoms with Crippen LogP contribution in [0.15, 0.2) is 45.1 Å². The molecule has 0 fully saturated rings. The van der Waals surface area contributed by atoms with Gasteiger partial charge in [-0.3, -0.25) is 4.79 Å². The molecular formula is C15H16N6OS. The average molecular weight is 328 g/mol. The molecule has 0 spiro atoms. The Labute approximate surface area is 137 Å². The van der Waals surface area contributed by atoms with Gasteiger partial charge in [-0.05, 0) is 32.9 Å². The Hall–Kier alpha value is -2.61. The fraction of sp³-hybridized carbons (Fsp3) is 0.267. The molecule has 0 aliphatic carbocycles. The second-order valence-corrected chi connectivity index (χ2v) is 5.78. The minimum Gasteiger partial charge on any atom is -0.320 e. The van der Waals surface area contributed by atoms with Crippen molar-refractivity contribution in [3.05, 3.63) is 40.3 Å². The molecule has 7 nitrogen and oxygen atoms in total. The summed E-state index contributed by atoms with van der Waals surface area (Å²) in [6, 6.07) is 5.31. The zero-order chi connectivity index (χ0) is 16.4. The van der Waals surface area contributed by atoms with Crippen LogP contribution in [0.5, 0.6) is 0 Å². The van der Waals surface area contributed by atoms with Crippen molar-refractivity contribution in [2.75, 3.05) is 5.01 Å². The number of carbonyl (C=O) groups excluding carboxylic acids is 1. The molecule has 0 bridgehead atoms. The van der Waals surface area contributed by atoms with Crippen LogP contribution in [0.25, 0.3) is 0 Å². The van der Waals surface area contributed by atoms with Gasteiger partial charge in [-0.2, -0.15) is 10.1 Å². The Morgan fingerprint density at radius 2 is 2.09 bits per heavy atom. The molecule has 0 aromatic carbocycles. The van der Waals surface area contributed by atoms with E-state index in [4.69, 9.17) is 0 Å². The van der Waals surface area contributed by atoms with E-state index in [1.807, 2.05) is 23.8 Å². The third kappa shape index (κ3) is 2.85. The molecule has 0 saturated carbocycles. The topological polar surface area (TPSA) is 75.2 Å². The van der Waals surface area contributed by atoms with E-state index in [0.717, 1.165) is 17.0 Å². The van der Waals surface area contributed by atoms with Crippen LogP contribution in [-0.2, 0) is 11.3 Å². The SMILES string of the molecule is CCn1c(C)csc1=NN=C1C(=O)N(c2ccccn2)N=C1C. The Morgan fingerprint density at radius 1 is 1.26 bits per heavy atom. The molecular weight excluding hydrogens is 312 g/mol. The van der Waals surface area contributed by atoms with Gasteiger partial charge in [0, 0.05) is 23.8 Å². The number of carbonyl (C=O) groups is 1. The van der Waals surface area contributed by atoms with Crippen LogP contribution in [0.3, 0.4) is 0 Å². The average Bonchev–Trinajstić information content (AvgIpc) is 3.06. The standard InChI is InChI=1S/C15H16N6OS/c1-4-20-10(2)9-23-15(20)18-17-13-11(3)19-21(14(13)22)12-7-5-6-8-16-12/h5-9H,4H2,1-3H3. The zero-order valence-corrected chi connectivity index (χ0v) is 13.9. The lowest BCUT2D eigenvalue weighted by Crippen LogP contribution is -2.27. The maximum Gasteiger partial charge on any atom is 0.302 e. The van der Waals surface area contributed by atoms with Crippen LogP contribution in [-0.4, -0.2) is 26.9 Å². The number of amides is 1. The van der Waals surface area contributed by atoms with E-state index in [2.05, 4.69) is 20.3 Å². The van der Waals surface area contributed by atoms with Gasteiger partial charge in [-0.15, -0.1) is 21.5 Å². The van der Waals surface area contributed by atoms with E-state index in [1.54, 1.807) is 31.3 Å². The molecule has 1 aliphatic rings. The monoisotopic (exact) mass is 328 g/mol. The van der Waals surface area contributed by atoms with E-state index in [0.29, 0.717) is 11.5 Å². The molecule has 118 valence electrons. The first-order chi connectivity index (χ1) is 11.1. The van der Waals surface area contributed by atoms with E-state index < -0.39 is 0 Å². The number of pyridine rings is 1. The van der Waals surface area contributed by atoms with Crippen LogP contribution < -0.4 is 9.81 Å². The van der Waals surface area contributed by atoms with Gasteiger partial charge in [0.05, 0.1) is 5.71 Å². The molecule has 0 saturated heterocycles. The van der Waals surface area contributed by atoms with Crippen molar-refractivity contribution in [2.45, 2.75) is 27.3 Å². The quantitative estimate of drug-likeness (QED) is 0.808. The van der Waals surface area contributed by atoms with Gasteiger partial charge in [0.1, 0.15) is 0 Å². The molecule has 1 aliphatic heterocycles. The summed E-state index contributed by atoms with van der Waals surface area (Å²) >= 11 is 1.50. The molecule has 3 heterocycles. The molecule has 2 aromatic heterocycles. The fourth-order valence-corrected chi connectivity index (χ4v) is 3.11. The largest absolute Gasteiger partial charge is 0.320 e. The van der Waals surface area contributed by atoms with Crippen LogP contribution in [0, 0.1) is 6.92 Å². The number of nitrogens with zero attached hydrogens (tertiary/aromatic N) is 6. The summed E-state index contributed by atoms with van der Waals surface area (Å²) in [6.07, 6.45) is 1.62. The predicted molar refractivity (Wildman–Crippen MR) is 90.6 cm³/mol. The van der Waals surface area contributed by atoms with Crippen LogP contribution in [0.2, 0.25) is 0 Å². The summed E-state index contributed by atoms with van der Waals surface area (Å²) in [5, 5.41) is 15.9. The highest BCUT2D eigenvalue weighted by atomic mass is 32.1. The Balaban J connectivity index is 1.95. The summed E-state index contributed by atoms with van der Waals surface area (Å²) in [4.78, 5) is 17.4. The lowest BCUT2D eigenvalue weighted by Gasteiger charge is -2.08. The van der Waals surface area contributed by atoms with Gasteiger partial charge >= 0.3 is 5.91 Å². The van der Waals surface area contributed by atoms with Gasteiger partial charge in [-0.1, -0.05) is 6.07 Å². The van der Waals surface area contributed by atoms with Gasteiger partial charge in [0.15, 0.2) is 11.5 Å². The third-order valence-corrected chi connectivity index (χ3v) is 4.37. The van der Waals surface area contributed by atoms with Gasteiger partial charge in [0.2, 0.25) is 4.80 Å². The summed E-state index contributed by atoms with van der Waals surface area (Å²) in [5.41, 5.74) is 1.89. The summed E-state index contributed by atoms with van der Waals surface area (Å²) < 4.78 is 2.04. The molecule has 0 atom stereocenters. The predicted octanol–water partition coefficient (Wildman–Crippen LogP) is 1.95. The fourth-order valence-electron chi connectivity index (χ4n) is 2.22. The molecule has 0 unspecified atom stereocenters. The lowest BCUT2D eigenvalue weighted by atomic mass is 10.2. The number of aryl methyl sites for hydroxylation is 1. The van der Waals surface area contributed by atoms with Crippen LogP contribution in [0.4, 0.5) is 5.82 Å². The number of hydrazone groups is 1. The number of thiazole rings is 1. The molecule has 3 rings (SSSR count). The minimum atomic E-state index is -0.318. The molecule has 23 heavy (non-hydrogen) atoms. The number of rotatable bonds is 3. The van der Waals surface area contributed by atoms with E-state index in [1.165, 1.54) is 16.3 Å². The molecule has 0 N–H and O–H groups in total. The first-order valence-corrected chi connectivity index (χ1v) is 8.07. The Morgan fingerprint density at radius 3 is 2.78 bits per heavy atom. The molecule has 0 radical (unpaired) electrons. The van der Waals surface area contributed by atoms with Crippen LogP contribution in [0.1, 0.15) is 19.5 Å². The van der Waals surface area contributed by atoms with Gasteiger partial charge in [0.25, 0.3) is 0 Å². The smallest absolute Gasteiger partial charge is 0.302 e. The maximum absolute atomic E-state index is 12.5. The van der Waals surface area contributed by atoms with Crippen molar-refractivity contribution in [3.8, 4) is 0 Å². The highest BCUT2D eigenvalue weighted by Gasteiger charge is 2.31. The molecule has 8 heteroatoms. The van der Waals surface area contributed by atoms with Gasteiger partial charge in [-0.25, -0.2) is 4.98 Å². The summed E-state index contributed by atoms with van der Waals surface area (Å²) in [5.74, 6) is 0.152. The summed E-state index contributed by atoms with van der Waals surface area (Å²) in [7, 11) is 0. The number of hydrogen-bond acceptors (Lipinski definition) is 6. The van der Waals surface area contributed by atoms with Crippen molar-refractivity contribution in [1.82, 2.24) is 9.55 Å². The minimum absolute atomic E-state index is 0.240. The second kappa shape index (κ2) is 6.25. The molecule has 1 amide bonds. The van der Waals surface area contributed by atoms with Crippen molar-refractivity contribution < 1.29 is 4.79 Å².